The number of hydrogen-bond donors (Lipinski definition) is 1. The minimum absolute atomic E-state index is 0.138. The largest absolute Gasteiger partial charge is 0.483 e. The standard InChI is InChI=1S/C21H23ClN4O2S/c1-13-8-9-18(10-14(13)2)28-15(3)20-24-25-21(26(20)4)29-12-19(27)23-17-7-5-6-16(22)11-17/h5-11,15H,12H2,1-4H3,(H,23,27). The Labute approximate surface area is 179 Å². The molecule has 1 heterocycles. The van der Waals surface area contributed by atoms with Gasteiger partial charge in [0, 0.05) is 17.8 Å². The van der Waals surface area contributed by atoms with Crippen molar-refractivity contribution >= 4 is 35.0 Å². The third-order valence-electron chi connectivity index (χ3n) is 4.46. The zero-order valence-electron chi connectivity index (χ0n) is 16.8. The van der Waals surface area contributed by atoms with Crippen LogP contribution in [0.5, 0.6) is 5.75 Å². The molecule has 6 nitrogen and oxygen atoms in total. The van der Waals surface area contributed by atoms with Crippen molar-refractivity contribution < 1.29 is 9.53 Å². The van der Waals surface area contributed by atoms with E-state index in [0.29, 0.717) is 21.7 Å². The maximum atomic E-state index is 12.2. The van der Waals surface area contributed by atoms with Crippen LogP contribution in [0.1, 0.15) is 30.0 Å². The average Bonchev–Trinajstić information content (AvgIpc) is 3.04. The monoisotopic (exact) mass is 430 g/mol. The van der Waals surface area contributed by atoms with Crippen molar-refractivity contribution in [3.8, 4) is 5.75 Å². The zero-order chi connectivity index (χ0) is 21.0. The van der Waals surface area contributed by atoms with Gasteiger partial charge in [-0.3, -0.25) is 4.79 Å². The molecule has 0 saturated carbocycles. The molecule has 0 aliphatic carbocycles. The van der Waals surface area contributed by atoms with Gasteiger partial charge in [0.25, 0.3) is 0 Å². The second-order valence-corrected chi connectivity index (χ2v) is 8.13. The smallest absolute Gasteiger partial charge is 0.234 e. The number of nitrogens with zero attached hydrogens (tertiary/aromatic N) is 3. The van der Waals surface area contributed by atoms with Crippen LogP contribution in [-0.4, -0.2) is 26.4 Å². The average molecular weight is 431 g/mol. The third-order valence-corrected chi connectivity index (χ3v) is 5.72. The van der Waals surface area contributed by atoms with Crippen LogP contribution >= 0.6 is 23.4 Å². The van der Waals surface area contributed by atoms with Gasteiger partial charge < -0.3 is 14.6 Å². The second-order valence-electron chi connectivity index (χ2n) is 6.75. The molecule has 8 heteroatoms. The quantitative estimate of drug-likeness (QED) is 0.536. The summed E-state index contributed by atoms with van der Waals surface area (Å²) >= 11 is 7.26. The van der Waals surface area contributed by atoms with Crippen LogP contribution in [0.3, 0.4) is 0 Å². The van der Waals surface area contributed by atoms with E-state index in [1.54, 1.807) is 24.3 Å². The van der Waals surface area contributed by atoms with Crippen LogP contribution in [0, 0.1) is 13.8 Å². The fourth-order valence-electron chi connectivity index (χ4n) is 2.74. The summed E-state index contributed by atoms with van der Waals surface area (Å²) in [5.41, 5.74) is 3.06. The number of carbonyl (C=O) groups is 1. The summed E-state index contributed by atoms with van der Waals surface area (Å²) in [5, 5.41) is 12.5. The molecule has 2 aromatic carbocycles. The first-order chi connectivity index (χ1) is 13.8. The van der Waals surface area contributed by atoms with Crippen LogP contribution < -0.4 is 10.1 Å². The van der Waals surface area contributed by atoms with E-state index >= 15 is 0 Å². The van der Waals surface area contributed by atoms with Gasteiger partial charge in [-0.25, -0.2) is 0 Å². The Morgan fingerprint density at radius 2 is 2.00 bits per heavy atom. The van der Waals surface area contributed by atoms with E-state index in [1.807, 2.05) is 36.7 Å². The van der Waals surface area contributed by atoms with Crippen molar-refractivity contribution in [2.24, 2.45) is 7.05 Å². The molecule has 29 heavy (non-hydrogen) atoms. The number of thioether (sulfide) groups is 1. The number of halogens is 1. The van der Waals surface area contributed by atoms with Crippen molar-refractivity contribution in [3.63, 3.8) is 0 Å². The maximum Gasteiger partial charge on any atom is 0.234 e. The Bertz CT molecular complexity index is 1020. The molecular formula is C21H23ClN4O2S. The van der Waals surface area contributed by atoms with Crippen LogP contribution in [-0.2, 0) is 11.8 Å². The first kappa shape index (κ1) is 21.2. The molecule has 0 aliphatic heterocycles. The molecular weight excluding hydrogens is 408 g/mol. The highest BCUT2D eigenvalue weighted by Gasteiger charge is 2.18. The molecule has 3 aromatic rings. The predicted octanol–water partition coefficient (Wildman–Crippen LogP) is 4.96. The zero-order valence-corrected chi connectivity index (χ0v) is 18.3. The topological polar surface area (TPSA) is 69.0 Å². The van der Waals surface area contributed by atoms with Crippen LogP contribution in [0.2, 0.25) is 5.02 Å². The number of aryl methyl sites for hydroxylation is 2. The van der Waals surface area contributed by atoms with E-state index in [1.165, 1.54) is 22.9 Å². The molecule has 0 aliphatic rings. The Kier molecular flexibility index (Phi) is 6.82. The summed E-state index contributed by atoms with van der Waals surface area (Å²) in [5.74, 6) is 1.56. The Hall–Kier alpha value is -2.51. The number of anilines is 1. The molecule has 3 rings (SSSR count). The fourth-order valence-corrected chi connectivity index (χ4v) is 3.65. The molecule has 1 N–H and O–H groups in total. The molecule has 1 atom stereocenters. The number of ether oxygens (including phenoxy) is 1. The van der Waals surface area contributed by atoms with Crippen molar-refractivity contribution in [1.29, 1.82) is 0 Å². The van der Waals surface area contributed by atoms with E-state index in [4.69, 9.17) is 16.3 Å². The summed E-state index contributed by atoms with van der Waals surface area (Å²) < 4.78 is 7.87. The van der Waals surface area contributed by atoms with Crippen molar-refractivity contribution in [3.05, 3.63) is 64.4 Å². The van der Waals surface area contributed by atoms with E-state index < -0.39 is 0 Å². The molecule has 0 radical (unpaired) electrons. The molecule has 0 bridgehead atoms. The normalized spacial score (nSPS) is 11.9. The summed E-state index contributed by atoms with van der Waals surface area (Å²) in [4.78, 5) is 12.2. The van der Waals surface area contributed by atoms with Gasteiger partial charge in [-0.05, 0) is 62.2 Å². The number of hydrogen-bond acceptors (Lipinski definition) is 5. The predicted molar refractivity (Wildman–Crippen MR) is 117 cm³/mol. The third kappa shape index (κ3) is 5.52. The highest BCUT2D eigenvalue weighted by Crippen LogP contribution is 2.25. The minimum atomic E-state index is -0.274. The Morgan fingerprint density at radius 3 is 2.72 bits per heavy atom. The van der Waals surface area contributed by atoms with Crippen molar-refractivity contribution in [2.45, 2.75) is 32.0 Å². The number of amides is 1. The number of nitrogens with one attached hydrogen (secondary N) is 1. The molecule has 0 spiro atoms. The van der Waals surface area contributed by atoms with Gasteiger partial charge in [-0.2, -0.15) is 0 Å². The lowest BCUT2D eigenvalue weighted by Gasteiger charge is -2.15. The first-order valence-electron chi connectivity index (χ1n) is 9.15. The van der Waals surface area contributed by atoms with Crippen LogP contribution in [0.25, 0.3) is 0 Å². The number of aromatic nitrogens is 3. The van der Waals surface area contributed by atoms with Crippen LogP contribution in [0.15, 0.2) is 47.6 Å². The molecule has 1 aromatic heterocycles. The lowest BCUT2D eigenvalue weighted by Crippen LogP contribution is -2.14. The van der Waals surface area contributed by atoms with Gasteiger partial charge in [0.2, 0.25) is 5.91 Å². The summed E-state index contributed by atoms with van der Waals surface area (Å²) in [6.07, 6.45) is -0.274. The van der Waals surface area contributed by atoms with Gasteiger partial charge in [0.1, 0.15) is 5.75 Å². The van der Waals surface area contributed by atoms with Gasteiger partial charge in [-0.1, -0.05) is 35.5 Å². The number of rotatable bonds is 7. The highest BCUT2D eigenvalue weighted by molar-refractivity contribution is 7.99. The molecule has 1 amide bonds. The van der Waals surface area contributed by atoms with Gasteiger partial charge in [-0.15, -0.1) is 10.2 Å². The molecule has 152 valence electrons. The number of benzene rings is 2. The summed E-state index contributed by atoms with van der Waals surface area (Å²) in [6.45, 7) is 6.05. The van der Waals surface area contributed by atoms with E-state index in [9.17, 15) is 4.79 Å². The second kappa shape index (κ2) is 9.33. The van der Waals surface area contributed by atoms with Gasteiger partial charge in [0.05, 0.1) is 5.75 Å². The SMILES string of the molecule is Cc1ccc(OC(C)c2nnc(SCC(=O)Nc3cccc(Cl)c3)n2C)cc1C. The Morgan fingerprint density at radius 1 is 1.21 bits per heavy atom. The summed E-state index contributed by atoms with van der Waals surface area (Å²) in [6, 6.07) is 13.0. The fraction of sp³-hybridized carbons (Fsp3) is 0.286. The lowest BCUT2D eigenvalue weighted by atomic mass is 10.1. The maximum absolute atomic E-state index is 12.2. The highest BCUT2D eigenvalue weighted by atomic mass is 35.5. The number of carbonyl (C=O) groups excluding carboxylic acids is 1. The molecule has 0 fully saturated rings. The molecule has 1 unspecified atom stereocenters. The van der Waals surface area contributed by atoms with Crippen LogP contribution in [0.4, 0.5) is 5.69 Å². The van der Waals surface area contributed by atoms with Crippen molar-refractivity contribution in [2.75, 3.05) is 11.1 Å². The van der Waals surface area contributed by atoms with E-state index in [2.05, 4.69) is 29.4 Å². The van der Waals surface area contributed by atoms with Gasteiger partial charge >= 0.3 is 0 Å². The first-order valence-corrected chi connectivity index (χ1v) is 10.5. The van der Waals surface area contributed by atoms with Gasteiger partial charge in [0.15, 0.2) is 17.1 Å². The molecule has 0 saturated heterocycles. The minimum Gasteiger partial charge on any atom is -0.483 e. The van der Waals surface area contributed by atoms with Crippen molar-refractivity contribution in [1.82, 2.24) is 14.8 Å². The Balaban J connectivity index is 1.59. The lowest BCUT2D eigenvalue weighted by molar-refractivity contribution is -0.113. The van der Waals surface area contributed by atoms with E-state index in [-0.39, 0.29) is 17.8 Å². The summed E-state index contributed by atoms with van der Waals surface area (Å²) in [7, 11) is 1.87. The van der Waals surface area contributed by atoms with E-state index in [0.717, 1.165) is 5.75 Å².